The van der Waals surface area contributed by atoms with Crippen molar-refractivity contribution < 1.29 is 8.42 Å². The van der Waals surface area contributed by atoms with Gasteiger partial charge in [0.05, 0.1) is 11.2 Å². The predicted octanol–water partition coefficient (Wildman–Crippen LogP) is 2.00. The first kappa shape index (κ1) is 14.2. The molecule has 0 radical (unpaired) electrons. The molecule has 0 saturated heterocycles. The molecular weight excluding hydrogens is 330 g/mol. The standard InChI is InChI=1S/C12H14BrN3O2S/c1-9-2-3-12(11(13)6-9)19(17,18)16-5-4-10-7-14-8-15-10/h2-3,6-8,16H,4-5H2,1H3,(H,14,15). The molecular formula is C12H14BrN3O2S. The summed E-state index contributed by atoms with van der Waals surface area (Å²) in [6.07, 6.45) is 3.82. The van der Waals surface area contributed by atoms with Crippen molar-refractivity contribution in [3.63, 3.8) is 0 Å². The highest BCUT2D eigenvalue weighted by molar-refractivity contribution is 9.10. The van der Waals surface area contributed by atoms with Crippen LogP contribution < -0.4 is 4.72 Å². The van der Waals surface area contributed by atoms with Crippen LogP contribution in [0.25, 0.3) is 0 Å². The number of nitrogens with zero attached hydrogens (tertiary/aromatic N) is 1. The fourth-order valence-corrected chi connectivity index (χ4v) is 3.86. The molecule has 0 saturated carbocycles. The van der Waals surface area contributed by atoms with Crippen molar-refractivity contribution >= 4 is 26.0 Å². The Morgan fingerprint density at radius 1 is 1.42 bits per heavy atom. The summed E-state index contributed by atoms with van der Waals surface area (Å²) in [5.41, 5.74) is 1.90. The number of H-pyrrole nitrogens is 1. The van der Waals surface area contributed by atoms with E-state index in [0.29, 0.717) is 17.4 Å². The Bertz CT molecular complexity index is 654. The highest BCUT2D eigenvalue weighted by Crippen LogP contribution is 2.22. The summed E-state index contributed by atoms with van der Waals surface area (Å²) in [6, 6.07) is 5.15. The van der Waals surface area contributed by atoms with Gasteiger partial charge >= 0.3 is 0 Å². The molecule has 1 aromatic heterocycles. The van der Waals surface area contributed by atoms with Crippen LogP contribution in [-0.2, 0) is 16.4 Å². The van der Waals surface area contributed by atoms with E-state index < -0.39 is 10.0 Å². The number of hydrogen-bond donors (Lipinski definition) is 2. The van der Waals surface area contributed by atoms with Crippen molar-refractivity contribution in [3.05, 3.63) is 46.5 Å². The number of hydrogen-bond acceptors (Lipinski definition) is 3. The van der Waals surface area contributed by atoms with Gasteiger partial charge in [-0.05, 0) is 40.5 Å². The third-order valence-corrected chi connectivity index (χ3v) is 5.06. The highest BCUT2D eigenvalue weighted by Gasteiger charge is 2.16. The van der Waals surface area contributed by atoms with E-state index >= 15 is 0 Å². The molecule has 0 spiro atoms. The van der Waals surface area contributed by atoms with E-state index in [4.69, 9.17) is 0 Å². The number of aromatic amines is 1. The molecule has 0 aliphatic carbocycles. The Hall–Kier alpha value is -1.18. The maximum atomic E-state index is 12.1. The molecule has 0 unspecified atom stereocenters. The van der Waals surface area contributed by atoms with E-state index in [1.807, 2.05) is 6.92 Å². The van der Waals surface area contributed by atoms with Crippen LogP contribution in [0.3, 0.4) is 0 Å². The van der Waals surface area contributed by atoms with Crippen molar-refractivity contribution in [1.82, 2.24) is 14.7 Å². The van der Waals surface area contributed by atoms with E-state index in [1.165, 1.54) is 0 Å². The van der Waals surface area contributed by atoms with Gasteiger partial charge in [0.15, 0.2) is 0 Å². The topological polar surface area (TPSA) is 74.8 Å². The molecule has 5 nitrogen and oxygen atoms in total. The van der Waals surface area contributed by atoms with E-state index in [2.05, 4.69) is 30.6 Å². The van der Waals surface area contributed by atoms with Crippen LogP contribution in [0.2, 0.25) is 0 Å². The lowest BCUT2D eigenvalue weighted by molar-refractivity contribution is 0.581. The Labute approximate surface area is 120 Å². The van der Waals surface area contributed by atoms with Gasteiger partial charge < -0.3 is 4.98 Å². The summed E-state index contributed by atoms with van der Waals surface area (Å²) < 4.78 is 27.4. The lowest BCUT2D eigenvalue weighted by atomic mass is 10.2. The Morgan fingerprint density at radius 3 is 2.84 bits per heavy atom. The molecule has 0 fully saturated rings. The summed E-state index contributed by atoms with van der Waals surface area (Å²) >= 11 is 3.28. The fourth-order valence-electron chi connectivity index (χ4n) is 1.64. The van der Waals surface area contributed by atoms with Gasteiger partial charge in [-0.2, -0.15) is 0 Å². The largest absolute Gasteiger partial charge is 0.348 e. The van der Waals surface area contributed by atoms with Crippen molar-refractivity contribution in [1.29, 1.82) is 0 Å². The zero-order valence-electron chi connectivity index (χ0n) is 10.4. The van der Waals surface area contributed by atoms with Crippen LogP contribution in [-0.4, -0.2) is 24.9 Å². The first-order chi connectivity index (χ1) is 8.99. The van der Waals surface area contributed by atoms with Crippen LogP contribution in [0.1, 0.15) is 11.3 Å². The molecule has 1 aromatic carbocycles. The SMILES string of the molecule is Cc1ccc(S(=O)(=O)NCCc2cnc[nH]2)c(Br)c1. The number of halogens is 1. The molecule has 0 bridgehead atoms. The molecule has 2 aromatic rings. The molecule has 19 heavy (non-hydrogen) atoms. The monoisotopic (exact) mass is 343 g/mol. The molecule has 2 rings (SSSR count). The Balaban J connectivity index is 2.05. The van der Waals surface area contributed by atoms with Gasteiger partial charge in [-0.1, -0.05) is 6.07 Å². The zero-order valence-corrected chi connectivity index (χ0v) is 12.8. The van der Waals surface area contributed by atoms with Crippen molar-refractivity contribution in [2.24, 2.45) is 0 Å². The van der Waals surface area contributed by atoms with Crippen LogP contribution in [0, 0.1) is 6.92 Å². The summed E-state index contributed by atoms with van der Waals surface area (Å²) in [6.45, 7) is 2.23. The number of imidazole rings is 1. The first-order valence-corrected chi connectivity index (χ1v) is 8.00. The molecule has 0 aliphatic rings. The molecule has 7 heteroatoms. The molecule has 0 amide bonds. The number of nitrogens with one attached hydrogen (secondary N) is 2. The first-order valence-electron chi connectivity index (χ1n) is 5.72. The fraction of sp³-hybridized carbons (Fsp3) is 0.250. The van der Waals surface area contributed by atoms with Crippen LogP contribution in [0.15, 0.2) is 40.1 Å². The molecule has 102 valence electrons. The van der Waals surface area contributed by atoms with Gasteiger partial charge in [-0.25, -0.2) is 18.1 Å². The molecule has 0 atom stereocenters. The summed E-state index contributed by atoms with van der Waals surface area (Å²) in [5, 5.41) is 0. The van der Waals surface area contributed by atoms with Crippen molar-refractivity contribution in [3.8, 4) is 0 Å². The maximum absolute atomic E-state index is 12.1. The summed E-state index contributed by atoms with van der Waals surface area (Å²) in [5.74, 6) is 0. The summed E-state index contributed by atoms with van der Waals surface area (Å²) in [7, 11) is -3.49. The second kappa shape index (κ2) is 5.85. The number of aryl methyl sites for hydroxylation is 1. The smallest absolute Gasteiger partial charge is 0.241 e. The van der Waals surface area contributed by atoms with E-state index in [9.17, 15) is 8.42 Å². The lowest BCUT2D eigenvalue weighted by Crippen LogP contribution is -2.26. The van der Waals surface area contributed by atoms with Gasteiger partial charge in [-0.15, -0.1) is 0 Å². The third-order valence-electron chi connectivity index (χ3n) is 2.62. The van der Waals surface area contributed by atoms with Gasteiger partial charge in [0.25, 0.3) is 0 Å². The Morgan fingerprint density at radius 2 is 2.21 bits per heavy atom. The highest BCUT2D eigenvalue weighted by atomic mass is 79.9. The average molecular weight is 344 g/mol. The average Bonchev–Trinajstić information content (AvgIpc) is 2.81. The Kier molecular flexibility index (Phi) is 4.38. The number of aromatic nitrogens is 2. The predicted molar refractivity (Wildman–Crippen MR) is 76.4 cm³/mol. The summed E-state index contributed by atoms with van der Waals surface area (Å²) in [4.78, 5) is 7.06. The molecule has 2 N–H and O–H groups in total. The minimum absolute atomic E-state index is 0.253. The number of benzene rings is 1. The van der Waals surface area contributed by atoms with Crippen molar-refractivity contribution in [2.45, 2.75) is 18.2 Å². The second-order valence-electron chi connectivity index (χ2n) is 4.16. The van der Waals surface area contributed by atoms with E-state index in [1.54, 1.807) is 30.7 Å². The second-order valence-corrected chi connectivity index (χ2v) is 6.75. The van der Waals surface area contributed by atoms with E-state index in [0.717, 1.165) is 11.3 Å². The molecule has 0 aliphatic heterocycles. The minimum Gasteiger partial charge on any atom is -0.348 e. The van der Waals surface area contributed by atoms with Crippen LogP contribution in [0.4, 0.5) is 0 Å². The normalized spacial score (nSPS) is 11.7. The lowest BCUT2D eigenvalue weighted by Gasteiger charge is -2.08. The van der Waals surface area contributed by atoms with Gasteiger partial charge in [0.1, 0.15) is 0 Å². The van der Waals surface area contributed by atoms with Gasteiger partial charge in [0.2, 0.25) is 10.0 Å². The van der Waals surface area contributed by atoms with Gasteiger partial charge in [0, 0.05) is 29.3 Å². The zero-order chi connectivity index (χ0) is 13.9. The van der Waals surface area contributed by atoms with E-state index in [-0.39, 0.29) is 4.90 Å². The minimum atomic E-state index is -3.49. The van der Waals surface area contributed by atoms with Gasteiger partial charge in [-0.3, -0.25) is 0 Å². The number of rotatable bonds is 5. The third kappa shape index (κ3) is 3.65. The van der Waals surface area contributed by atoms with Crippen LogP contribution in [0.5, 0.6) is 0 Å². The van der Waals surface area contributed by atoms with Crippen LogP contribution >= 0.6 is 15.9 Å². The maximum Gasteiger partial charge on any atom is 0.241 e. The molecule has 1 heterocycles. The van der Waals surface area contributed by atoms with Crippen molar-refractivity contribution in [2.75, 3.05) is 6.54 Å². The quantitative estimate of drug-likeness (QED) is 0.871. The number of sulfonamides is 1.